The highest BCUT2D eigenvalue weighted by Gasteiger charge is 2.65. The second-order valence-electron chi connectivity index (χ2n) is 7.06. The summed E-state index contributed by atoms with van der Waals surface area (Å²) in [5.74, 6) is 1.15. The van der Waals surface area contributed by atoms with Crippen LogP contribution in [0, 0.1) is 17.3 Å². The standard InChI is InChI=1S/C15H22N2O3/c1-8-4-6-9(7-5-8)12-16-13(20-17-12)10-11(14(18)19)15(10,2)3/h8-11H,4-7H2,1-3H3,(H,18,19). The molecule has 1 N–H and O–H groups in total. The van der Waals surface area contributed by atoms with Crippen LogP contribution in [-0.4, -0.2) is 21.2 Å². The van der Waals surface area contributed by atoms with Gasteiger partial charge in [0.15, 0.2) is 5.82 Å². The molecule has 0 amide bonds. The van der Waals surface area contributed by atoms with Gasteiger partial charge in [-0.1, -0.05) is 38.8 Å². The highest BCUT2D eigenvalue weighted by Crippen LogP contribution is 2.64. The summed E-state index contributed by atoms with van der Waals surface area (Å²) in [7, 11) is 0. The van der Waals surface area contributed by atoms with Crippen LogP contribution in [0.5, 0.6) is 0 Å². The summed E-state index contributed by atoms with van der Waals surface area (Å²) in [5, 5.41) is 13.3. The third-order valence-electron chi connectivity index (χ3n) is 5.20. The number of carboxylic acid groups (broad SMARTS) is 1. The number of nitrogens with zero attached hydrogens (tertiary/aromatic N) is 2. The van der Waals surface area contributed by atoms with Crippen molar-refractivity contribution in [2.24, 2.45) is 17.3 Å². The first-order chi connectivity index (χ1) is 9.41. The van der Waals surface area contributed by atoms with Crippen molar-refractivity contribution in [3.63, 3.8) is 0 Å². The summed E-state index contributed by atoms with van der Waals surface area (Å²) in [6.45, 7) is 6.17. The molecule has 0 spiro atoms. The van der Waals surface area contributed by atoms with Crippen LogP contribution in [0.15, 0.2) is 4.52 Å². The average molecular weight is 278 g/mol. The maximum Gasteiger partial charge on any atom is 0.307 e. The number of aromatic nitrogens is 2. The largest absolute Gasteiger partial charge is 0.481 e. The molecule has 20 heavy (non-hydrogen) atoms. The minimum absolute atomic E-state index is 0.135. The van der Waals surface area contributed by atoms with Gasteiger partial charge in [0, 0.05) is 5.92 Å². The molecule has 2 fully saturated rings. The Kier molecular flexibility index (Phi) is 3.10. The zero-order chi connectivity index (χ0) is 14.5. The first-order valence-electron chi connectivity index (χ1n) is 7.47. The second-order valence-corrected chi connectivity index (χ2v) is 7.06. The highest BCUT2D eigenvalue weighted by molar-refractivity contribution is 5.77. The lowest BCUT2D eigenvalue weighted by Gasteiger charge is -2.23. The van der Waals surface area contributed by atoms with Crippen molar-refractivity contribution < 1.29 is 14.4 Å². The van der Waals surface area contributed by atoms with E-state index in [-0.39, 0.29) is 11.3 Å². The van der Waals surface area contributed by atoms with Crippen LogP contribution in [-0.2, 0) is 4.79 Å². The van der Waals surface area contributed by atoms with Gasteiger partial charge in [-0.25, -0.2) is 0 Å². The van der Waals surface area contributed by atoms with Gasteiger partial charge in [-0.2, -0.15) is 4.98 Å². The lowest BCUT2D eigenvalue weighted by molar-refractivity contribution is -0.139. The van der Waals surface area contributed by atoms with Gasteiger partial charge in [0.05, 0.1) is 11.8 Å². The molecule has 110 valence electrons. The molecule has 5 heteroatoms. The highest BCUT2D eigenvalue weighted by atomic mass is 16.5. The Labute approximate surface area is 118 Å². The van der Waals surface area contributed by atoms with Crippen LogP contribution < -0.4 is 0 Å². The minimum Gasteiger partial charge on any atom is -0.481 e. The smallest absolute Gasteiger partial charge is 0.307 e. The SMILES string of the molecule is CC1CCC(c2noc(C3C(C(=O)O)C3(C)C)n2)CC1. The molecule has 1 heterocycles. The van der Waals surface area contributed by atoms with Gasteiger partial charge >= 0.3 is 5.97 Å². The van der Waals surface area contributed by atoms with Gasteiger partial charge in [-0.3, -0.25) is 4.79 Å². The quantitative estimate of drug-likeness (QED) is 0.918. The Morgan fingerprint density at radius 3 is 2.50 bits per heavy atom. The topological polar surface area (TPSA) is 76.2 Å². The molecule has 2 aliphatic rings. The predicted octanol–water partition coefficient (Wildman–Crippen LogP) is 3.19. The van der Waals surface area contributed by atoms with Crippen molar-refractivity contribution in [1.29, 1.82) is 0 Å². The number of rotatable bonds is 3. The van der Waals surface area contributed by atoms with E-state index in [1.807, 2.05) is 13.8 Å². The molecule has 2 unspecified atom stereocenters. The van der Waals surface area contributed by atoms with E-state index in [1.165, 1.54) is 12.8 Å². The molecule has 5 nitrogen and oxygen atoms in total. The Balaban J connectivity index is 1.73. The van der Waals surface area contributed by atoms with Gasteiger partial charge in [0.1, 0.15) is 0 Å². The van der Waals surface area contributed by atoms with Crippen molar-refractivity contribution in [2.45, 2.75) is 58.3 Å². The number of aliphatic carboxylic acids is 1. The van der Waals surface area contributed by atoms with Crippen molar-refractivity contribution in [1.82, 2.24) is 10.1 Å². The molecule has 0 bridgehead atoms. The minimum atomic E-state index is -0.772. The molecule has 3 rings (SSSR count). The third-order valence-corrected chi connectivity index (χ3v) is 5.20. The van der Waals surface area contributed by atoms with Crippen molar-refractivity contribution >= 4 is 5.97 Å². The molecule has 0 saturated heterocycles. The van der Waals surface area contributed by atoms with Crippen molar-refractivity contribution in [3.05, 3.63) is 11.7 Å². The maximum atomic E-state index is 11.2. The van der Waals surface area contributed by atoms with Crippen LogP contribution in [0.1, 0.15) is 70.0 Å². The zero-order valence-electron chi connectivity index (χ0n) is 12.3. The van der Waals surface area contributed by atoms with Crippen LogP contribution in [0.4, 0.5) is 0 Å². The van der Waals surface area contributed by atoms with E-state index in [0.29, 0.717) is 11.8 Å². The van der Waals surface area contributed by atoms with Crippen LogP contribution in [0.25, 0.3) is 0 Å². The molecule has 1 aromatic heterocycles. The summed E-state index contributed by atoms with van der Waals surface area (Å²) in [6.07, 6.45) is 4.63. The molecular formula is C15H22N2O3. The van der Waals surface area contributed by atoms with E-state index in [2.05, 4.69) is 17.1 Å². The molecule has 0 aliphatic heterocycles. The third kappa shape index (κ3) is 2.13. The molecule has 0 aromatic carbocycles. The monoisotopic (exact) mass is 278 g/mol. The van der Waals surface area contributed by atoms with Crippen LogP contribution in [0.3, 0.4) is 0 Å². The fourth-order valence-corrected chi connectivity index (χ4v) is 3.62. The molecule has 2 aliphatic carbocycles. The summed E-state index contributed by atoms with van der Waals surface area (Å²) in [5.41, 5.74) is -0.281. The Hall–Kier alpha value is -1.39. The first-order valence-corrected chi connectivity index (χ1v) is 7.47. The number of hydrogen-bond acceptors (Lipinski definition) is 4. The zero-order valence-corrected chi connectivity index (χ0v) is 12.3. The van der Waals surface area contributed by atoms with Crippen LogP contribution >= 0.6 is 0 Å². The van der Waals surface area contributed by atoms with E-state index >= 15 is 0 Å². The lowest BCUT2D eigenvalue weighted by Crippen LogP contribution is -2.12. The van der Waals surface area contributed by atoms with Gasteiger partial charge in [0.25, 0.3) is 0 Å². The first kappa shape index (κ1) is 13.6. The molecule has 2 saturated carbocycles. The average Bonchev–Trinajstić information content (AvgIpc) is 2.74. The maximum absolute atomic E-state index is 11.2. The number of carboxylic acids is 1. The summed E-state index contributed by atoms with van der Waals surface area (Å²) < 4.78 is 5.36. The molecule has 2 atom stereocenters. The second kappa shape index (κ2) is 4.57. The van der Waals surface area contributed by atoms with Gasteiger partial charge in [-0.05, 0) is 24.2 Å². The fraction of sp³-hybridized carbons (Fsp3) is 0.800. The molecule has 0 radical (unpaired) electrons. The van der Waals surface area contributed by atoms with Gasteiger partial charge < -0.3 is 9.63 Å². The van der Waals surface area contributed by atoms with Crippen molar-refractivity contribution in [2.75, 3.05) is 0 Å². The van der Waals surface area contributed by atoms with E-state index in [9.17, 15) is 9.90 Å². The van der Waals surface area contributed by atoms with E-state index in [1.54, 1.807) is 0 Å². The van der Waals surface area contributed by atoms with Gasteiger partial charge in [-0.15, -0.1) is 0 Å². The predicted molar refractivity (Wildman–Crippen MR) is 72.3 cm³/mol. The normalized spacial score (nSPS) is 35.8. The Morgan fingerprint density at radius 2 is 1.95 bits per heavy atom. The van der Waals surface area contributed by atoms with E-state index in [0.717, 1.165) is 24.6 Å². The molecule has 1 aromatic rings. The summed E-state index contributed by atoms with van der Waals surface area (Å²) >= 11 is 0. The number of hydrogen-bond donors (Lipinski definition) is 1. The Morgan fingerprint density at radius 1 is 1.30 bits per heavy atom. The van der Waals surface area contributed by atoms with E-state index in [4.69, 9.17) is 4.52 Å². The number of carbonyl (C=O) groups is 1. The van der Waals surface area contributed by atoms with Crippen molar-refractivity contribution in [3.8, 4) is 0 Å². The summed E-state index contributed by atoms with van der Waals surface area (Å²) in [4.78, 5) is 15.7. The van der Waals surface area contributed by atoms with Gasteiger partial charge in [0.2, 0.25) is 5.89 Å². The summed E-state index contributed by atoms with van der Waals surface area (Å²) in [6, 6.07) is 0. The Bertz CT molecular complexity index is 515. The fourth-order valence-electron chi connectivity index (χ4n) is 3.62. The van der Waals surface area contributed by atoms with E-state index < -0.39 is 11.9 Å². The van der Waals surface area contributed by atoms with Crippen LogP contribution in [0.2, 0.25) is 0 Å². The lowest BCUT2D eigenvalue weighted by atomic mass is 9.83. The molecular weight excluding hydrogens is 256 g/mol.